The molecule has 0 saturated carbocycles. The van der Waals surface area contributed by atoms with E-state index < -0.39 is 0 Å². The van der Waals surface area contributed by atoms with E-state index in [0.29, 0.717) is 5.69 Å². The third-order valence-electron chi connectivity index (χ3n) is 4.15. The van der Waals surface area contributed by atoms with E-state index in [2.05, 4.69) is 25.2 Å². The number of pyridine rings is 2. The molecule has 0 radical (unpaired) electrons. The number of fused-ring (bicyclic) bond motifs is 1. The Hall–Kier alpha value is -2.54. The van der Waals surface area contributed by atoms with E-state index in [-0.39, 0.29) is 11.9 Å². The quantitative estimate of drug-likeness (QED) is 0.794. The zero-order valence-electron chi connectivity index (χ0n) is 13.1. The minimum Gasteiger partial charge on any atom is -0.348 e. The number of anilines is 1. The van der Waals surface area contributed by atoms with Crippen LogP contribution in [0.1, 0.15) is 23.3 Å². The maximum Gasteiger partial charge on any atom is 0.270 e. The molecule has 6 nitrogen and oxygen atoms in total. The molecule has 122 valence electrons. The highest BCUT2D eigenvalue weighted by atomic mass is 32.1. The van der Waals surface area contributed by atoms with Crippen LogP contribution in [-0.2, 0) is 0 Å². The van der Waals surface area contributed by atoms with Crippen molar-refractivity contribution in [1.29, 1.82) is 0 Å². The number of aromatic nitrogens is 3. The summed E-state index contributed by atoms with van der Waals surface area (Å²) in [5.41, 5.74) is 1.42. The minimum absolute atomic E-state index is 0.0989. The lowest BCUT2D eigenvalue weighted by molar-refractivity contribution is 0.0926. The molecule has 1 N–H and O–H groups in total. The molecule has 0 aliphatic carbocycles. The van der Waals surface area contributed by atoms with Crippen molar-refractivity contribution in [3.05, 3.63) is 48.4 Å². The fraction of sp³-hybridized carbons (Fsp3) is 0.294. The number of rotatable bonds is 3. The molecule has 4 rings (SSSR count). The second-order valence-electron chi connectivity index (χ2n) is 5.77. The molecule has 0 bridgehead atoms. The Bertz CT molecular complexity index is 809. The van der Waals surface area contributed by atoms with Crippen molar-refractivity contribution in [3.8, 4) is 0 Å². The van der Waals surface area contributed by atoms with Crippen LogP contribution >= 0.6 is 11.3 Å². The summed E-state index contributed by atoms with van der Waals surface area (Å²) in [5.74, 6) is -0.0989. The molecule has 1 amide bonds. The van der Waals surface area contributed by atoms with Gasteiger partial charge in [-0.25, -0.2) is 9.97 Å². The molecular weight excluding hydrogens is 322 g/mol. The van der Waals surface area contributed by atoms with Crippen LogP contribution in [0.2, 0.25) is 0 Å². The summed E-state index contributed by atoms with van der Waals surface area (Å²) < 4.78 is 0. The summed E-state index contributed by atoms with van der Waals surface area (Å²) in [6.07, 6.45) is 5.24. The van der Waals surface area contributed by atoms with Crippen LogP contribution in [0.15, 0.2) is 42.7 Å². The molecule has 1 saturated heterocycles. The Morgan fingerprint density at radius 1 is 1.12 bits per heavy atom. The van der Waals surface area contributed by atoms with Crippen LogP contribution in [-0.4, -0.2) is 40.0 Å². The zero-order valence-corrected chi connectivity index (χ0v) is 13.9. The van der Waals surface area contributed by atoms with Crippen LogP contribution in [0.3, 0.4) is 0 Å². The first-order valence-corrected chi connectivity index (χ1v) is 8.79. The first kappa shape index (κ1) is 15.0. The predicted octanol–water partition coefficient (Wildman–Crippen LogP) is 2.49. The van der Waals surface area contributed by atoms with Gasteiger partial charge in [0.1, 0.15) is 16.0 Å². The number of carbonyl (C=O) groups is 1. The number of thiazole rings is 1. The third-order valence-corrected chi connectivity index (χ3v) is 5.19. The van der Waals surface area contributed by atoms with Gasteiger partial charge in [0, 0.05) is 31.5 Å². The van der Waals surface area contributed by atoms with E-state index in [1.54, 1.807) is 29.8 Å². The first-order chi connectivity index (χ1) is 11.8. The topological polar surface area (TPSA) is 71.0 Å². The molecule has 3 aromatic rings. The zero-order chi connectivity index (χ0) is 16.4. The second-order valence-corrected chi connectivity index (χ2v) is 6.73. The highest BCUT2D eigenvalue weighted by Crippen LogP contribution is 2.29. The molecule has 24 heavy (non-hydrogen) atoms. The number of carbonyl (C=O) groups excluding carboxylic acids is 1. The first-order valence-electron chi connectivity index (χ1n) is 7.98. The number of nitrogens with one attached hydrogen (secondary N) is 1. The van der Waals surface area contributed by atoms with Gasteiger partial charge >= 0.3 is 0 Å². The molecule has 1 aliphatic rings. The van der Waals surface area contributed by atoms with Gasteiger partial charge in [-0.05, 0) is 37.1 Å². The molecule has 0 spiro atoms. The van der Waals surface area contributed by atoms with Crippen molar-refractivity contribution in [2.75, 3.05) is 18.0 Å². The Kier molecular flexibility index (Phi) is 4.08. The van der Waals surface area contributed by atoms with Gasteiger partial charge in [-0.1, -0.05) is 17.4 Å². The monoisotopic (exact) mass is 339 g/mol. The minimum atomic E-state index is -0.0989. The maximum absolute atomic E-state index is 12.2. The molecular formula is C17H17N5OS. The van der Waals surface area contributed by atoms with Gasteiger partial charge in [0.25, 0.3) is 5.91 Å². The van der Waals surface area contributed by atoms with Gasteiger partial charge in [-0.15, -0.1) is 0 Å². The number of piperidine rings is 1. The van der Waals surface area contributed by atoms with E-state index in [4.69, 9.17) is 0 Å². The summed E-state index contributed by atoms with van der Waals surface area (Å²) in [6, 6.07) is 9.45. The Balaban J connectivity index is 1.37. The molecule has 1 aliphatic heterocycles. The molecule has 0 atom stereocenters. The standard InChI is InChI=1S/C17H17N5OS/c23-15(13-4-1-2-8-18-13)20-12-6-10-22(11-7-12)17-21-14-5-3-9-19-16(14)24-17/h1-5,8-9,12H,6-7,10-11H2,(H,20,23). The molecule has 0 aromatic carbocycles. The molecule has 7 heteroatoms. The summed E-state index contributed by atoms with van der Waals surface area (Å²) >= 11 is 1.62. The van der Waals surface area contributed by atoms with Crippen LogP contribution in [0.4, 0.5) is 5.13 Å². The second kappa shape index (κ2) is 6.52. The summed E-state index contributed by atoms with van der Waals surface area (Å²) in [7, 11) is 0. The van der Waals surface area contributed by atoms with Crippen LogP contribution in [0.25, 0.3) is 10.3 Å². The normalized spacial score (nSPS) is 15.6. The lowest BCUT2D eigenvalue weighted by Gasteiger charge is -2.32. The number of amides is 1. The van der Waals surface area contributed by atoms with E-state index in [9.17, 15) is 4.79 Å². The fourth-order valence-corrected chi connectivity index (χ4v) is 3.83. The highest BCUT2D eigenvalue weighted by molar-refractivity contribution is 7.21. The predicted molar refractivity (Wildman–Crippen MR) is 94.4 cm³/mol. The van der Waals surface area contributed by atoms with Crippen LogP contribution in [0.5, 0.6) is 0 Å². The Labute approximate surface area is 143 Å². The van der Waals surface area contributed by atoms with Gasteiger partial charge in [0.05, 0.1) is 0 Å². The van der Waals surface area contributed by atoms with Gasteiger partial charge in [0.2, 0.25) is 0 Å². The third kappa shape index (κ3) is 3.07. The SMILES string of the molecule is O=C(NC1CCN(c2nc3cccnc3s2)CC1)c1ccccn1. The van der Waals surface area contributed by atoms with Gasteiger partial charge in [-0.2, -0.15) is 0 Å². The average molecular weight is 339 g/mol. The van der Waals surface area contributed by atoms with Gasteiger partial charge < -0.3 is 10.2 Å². The van der Waals surface area contributed by atoms with E-state index >= 15 is 0 Å². The Morgan fingerprint density at radius 2 is 1.96 bits per heavy atom. The van der Waals surface area contributed by atoms with E-state index in [0.717, 1.165) is 41.4 Å². The number of hydrogen-bond donors (Lipinski definition) is 1. The van der Waals surface area contributed by atoms with Crippen LogP contribution in [0, 0.1) is 0 Å². The van der Waals surface area contributed by atoms with Crippen molar-refractivity contribution >= 4 is 32.7 Å². The number of nitrogens with zero attached hydrogens (tertiary/aromatic N) is 4. The lowest BCUT2D eigenvalue weighted by Crippen LogP contribution is -2.44. The summed E-state index contributed by atoms with van der Waals surface area (Å²) in [4.78, 5) is 28.5. The molecule has 0 unspecified atom stereocenters. The van der Waals surface area contributed by atoms with Crippen molar-refractivity contribution in [2.45, 2.75) is 18.9 Å². The van der Waals surface area contributed by atoms with E-state index in [1.165, 1.54) is 0 Å². The largest absolute Gasteiger partial charge is 0.348 e. The smallest absolute Gasteiger partial charge is 0.270 e. The average Bonchev–Trinajstić information content (AvgIpc) is 3.07. The van der Waals surface area contributed by atoms with Gasteiger partial charge in [-0.3, -0.25) is 9.78 Å². The van der Waals surface area contributed by atoms with Crippen molar-refractivity contribution in [1.82, 2.24) is 20.3 Å². The maximum atomic E-state index is 12.2. The lowest BCUT2D eigenvalue weighted by atomic mass is 10.1. The number of hydrogen-bond acceptors (Lipinski definition) is 6. The van der Waals surface area contributed by atoms with Crippen molar-refractivity contribution in [2.24, 2.45) is 0 Å². The van der Waals surface area contributed by atoms with Crippen molar-refractivity contribution in [3.63, 3.8) is 0 Å². The summed E-state index contributed by atoms with van der Waals surface area (Å²) in [5, 5.41) is 4.09. The van der Waals surface area contributed by atoms with Gasteiger partial charge in [0.15, 0.2) is 5.13 Å². The van der Waals surface area contributed by atoms with Crippen LogP contribution < -0.4 is 10.2 Å². The molecule has 4 heterocycles. The summed E-state index contributed by atoms with van der Waals surface area (Å²) in [6.45, 7) is 1.76. The molecule has 3 aromatic heterocycles. The Morgan fingerprint density at radius 3 is 2.71 bits per heavy atom. The molecule has 1 fully saturated rings. The van der Waals surface area contributed by atoms with Crippen molar-refractivity contribution < 1.29 is 4.79 Å². The fourth-order valence-electron chi connectivity index (χ4n) is 2.87. The van der Waals surface area contributed by atoms with E-state index in [1.807, 2.05) is 24.3 Å². The highest BCUT2D eigenvalue weighted by Gasteiger charge is 2.23.